The molecule has 6 nitrogen and oxygen atoms in total. The van der Waals surface area contributed by atoms with Crippen LogP contribution in [0.1, 0.15) is 12.8 Å². The Morgan fingerprint density at radius 2 is 1.90 bits per heavy atom. The third kappa shape index (κ3) is 4.00. The van der Waals surface area contributed by atoms with Gasteiger partial charge in [-0.2, -0.15) is 0 Å². The van der Waals surface area contributed by atoms with Crippen molar-refractivity contribution in [1.29, 1.82) is 0 Å². The van der Waals surface area contributed by atoms with Gasteiger partial charge in [0.15, 0.2) is 0 Å². The van der Waals surface area contributed by atoms with E-state index in [-0.39, 0.29) is 48.6 Å². The minimum absolute atomic E-state index is 0. The van der Waals surface area contributed by atoms with E-state index in [4.69, 9.17) is 0 Å². The van der Waals surface area contributed by atoms with Crippen LogP contribution in [0.3, 0.4) is 0 Å². The summed E-state index contributed by atoms with van der Waals surface area (Å²) in [6, 6.07) is 0.223. The summed E-state index contributed by atoms with van der Waals surface area (Å²) in [6.45, 7) is 5.28. The number of halogens is 2. The maximum atomic E-state index is 12.3. The van der Waals surface area contributed by atoms with Crippen molar-refractivity contribution < 1.29 is 9.59 Å². The number of piperidine rings is 1. The van der Waals surface area contributed by atoms with Crippen LogP contribution < -0.4 is 10.6 Å². The number of amides is 2. The highest BCUT2D eigenvalue weighted by molar-refractivity contribution is 5.85. The summed E-state index contributed by atoms with van der Waals surface area (Å²) in [7, 11) is 0. The predicted octanol–water partition coefficient (Wildman–Crippen LogP) is -0.528. The standard InChI is InChI=1S/C13H22N4O2.2ClH/c18-12-8-14-3-5-17(12)11-2-1-4-16(9-11)13(19)10-6-15-7-10;;/h10-11,14-15H,1-9H2;2*1H. The van der Waals surface area contributed by atoms with Crippen molar-refractivity contribution >= 4 is 36.6 Å². The van der Waals surface area contributed by atoms with Crippen LogP contribution in [-0.4, -0.2) is 73.5 Å². The molecule has 21 heavy (non-hydrogen) atoms. The van der Waals surface area contributed by atoms with Crippen LogP contribution >= 0.6 is 24.8 Å². The molecule has 2 N–H and O–H groups in total. The Bertz CT molecular complexity index is 379. The molecule has 1 atom stereocenters. The summed E-state index contributed by atoms with van der Waals surface area (Å²) in [5.74, 6) is 0.611. The normalized spacial score (nSPS) is 26.5. The number of carbonyl (C=O) groups excluding carboxylic acids is 2. The van der Waals surface area contributed by atoms with E-state index in [1.807, 2.05) is 9.80 Å². The summed E-state index contributed by atoms with van der Waals surface area (Å²) < 4.78 is 0. The van der Waals surface area contributed by atoms with Crippen molar-refractivity contribution in [3.8, 4) is 0 Å². The molecule has 3 saturated heterocycles. The Kier molecular flexibility index (Phi) is 7.20. The van der Waals surface area contributed by atoms with E-state index in [0.717, 1.165) is 52.1 Å². The van der Waals surface area contributed by atoms with E-state index in [2.05, 4.69) is 10.6 Å². The Hall–Kier alpha value is -0.560. The molecular formula is C13H24Cl2N4O2. The molecule has 0 bridgehead atoms. The first kappa shape index (κ1) is 18.5. The van der Waals surface area contributed by atoms with Crippen molar-refractivity contribution in [2.45, 2.75) is 18.9 Å². The van der Waals surface area contributed by atoms with E-state index in [1.165, 1.54) is 0 Å². The largest absolute Gasteiger partial charge is 0.340 e. The van der Waals surface area contributed by atoms with Gasteiger partial charge in [-0.3, -0.25) is 9.59 Å². The van der Waals surface area contributed by atoms with E-state index >= 15 is 0 Å². The zero-order valence-electron chi connectivity index (χ0n) is 12.0. The van der Waals surface area contributed by atoms with Gasteiger partial charge >= 0.3 is 0 Å². The molecule has 1 unspecified atom stereocenters. The third-order valence-corrected chi connectivity index (χ3v) is 4.41. The molecular weight excluding hydrogens is 315 g/mol. The van der Waals surface area contributed by atoms with Gasteiger partial charge in [-0.1, -0.05) is 0 Å². The lowest BCUT2D eigenvalue weighted by Gasteiger charge is -2.42. The maximum Gasteiger partial charge on any atom is 0.236 e. The number of likely N-dealkylation sites (tertiary alicyclic amines) is 1. The number of hydrogen-bond donors (Lipinski definition) is 2. The van der Waals surface area contributed by atoms with Crippen LogP contribution in [0.25, 0.3) is 0 Å². The fourth-order valence-corrected chi connectivity index (χ4v) is 3.14. The summed E-state index contributed by atoms with van der Waals surface area (Å²) >= 11 is 0. The molecule has 0 spiro atoms. The Morgan fingerprint density at radius 3 is 2.52 bits per heavy atom. The fraction of sp³-hybridized carbons (Fsp3) is 0.846. The zero-order chi connectivity index (χ0) is 13.2. The number of piperazine rings is 1. The molecule has 2 amide bonds. The molecule has 3 aliphatic heterocycles. The molecule has 3 heterocycles. The Labute approximate surface area is 137 Å². The van der Waals surface area contributed by atoms with Crippen molar-refractivity contribution in [3.63, 3.8) is 0 Å². The number of nitrogens with zero attached hydrogens (tertiary/aromatic N) is 2. The first-order valence-corrected chi connectivity index (χ1v) is 7.25. The summed E-state index contributed by atoms with van der Waals surface area (Å²) in [4.78, 5) is 28.1. The van der Waals surface area contributed by atoms with Crippen molar-refractivity contribution in [2.75, 3.05) is 45.8 Å². The first-order valence-electron chi connectivity index (χ1n) is 7.25. The van der Waals surface area contributed by atoms with Gasteiger partial charge in [0.05, 0.1) is 12.5 Å². The molecule has 8 heteroatoms. The van der Waals surface area contributed by atoms with E-state index in [1.54, 1.807) is 0 Å². The van der Waals surface area contributed by atoms with Gasteiger partial charge in [-0.05, 0) is 12.8 Å². The van der Waals surface area contributed by atoms with Crippen LogP contribution in [0, 0.1) is 5.92 Å². The van der Waals surface area contributed by atoms with E-state index < -0.39 is 0 Å². The van der Waals surface area contributed by atoms with E-state index in [0.29, 0.717) is 6.54 Å². The average Bonchev–Trinajstić information content (AvgIpc) is 2.37. The first-order chi connectivity index (χ1) is 9.25. The zero-order valence-corrected chi connectivity index (χ0v) is 13.7. The molecule has 122 valence electrons. The lowest BCUT2D eigenvalue weighted by Crippen LogP contribution is -2.59. The maximum absolute atomic E-state index is 12.3. The second-order valence-electron chi connectivity index (χ2n) is 5.70. The quantitative estimate of drug-likeness (QED) is 0.710. The minimum atomic E-state index is 0. The lowest BCUT2D eigenvalue weighted by molar-refractivity contribution is -0.143. The molecule has 0 aromatic rings. The van der Waals surface area contributed by atoms with E-state index in [9.17, 15) is 9.59 Å². The van der Waals surface area contributed by atoms with Crippen LogP contribution in [0.2, 0.25) is 0 Å². The second kappa shape index (κ2) is 8.17. The van der Waals surface area contributed by atoms with Gasteiger partial charge in [0.2, 0.25) is 11.8 Å². The molecule has 0 radical (unpaired) electrons. The van der Waals surface area contributed by atoms with Crippen LogP contribution in [0.5, 0.6) is 0 Å². The van der Waals surface area contributed by atoms with Crippen LogP contribution in [0.4, 0.5) is 0 Å². The SMILES string of the molecule is Cl.Cl.O=C(C1CNC1)N1CCCC(N2CCNCC2=O)C1. The lowest BCUT2D eigenvalue weighted by atomic mass is 9.97. The van der Waals surface area contributed by atoms with Crippen molar-refractivity contribution in [2.24, 2.45) is 5.92 Å². The Morgan fingerprint density at radius 1 is 1.14 bits per heavy atom. The smallest absolute Gasteiger partial charge is 0.236 e. The number of nitrogens with one attached hydrogen (secondary N) is 2. The highest BCUT2D eigenvalue weighted by Gasteiger charge is 2.35. The summed E-state index contributed by atoms with van der Waals surface area (Å²) in [5.41, 5.74) is 0. The van der Waals surface area contributed by atoms with Gasteiger partial charge < -0.3 is 20.4 Å². The van der Waals surface area contributed by atoms with Gasteiger partial charge in [-0.15, -0.1) is 24.8 Å². The molecule has 3 rings (SSSR count). The van der Waals surface area contributed by atoms with Gasteiger partial charge in [0.1, 0.15) is 0 Å². The fourth-order valence-electron chi connectivity index (χ4n) is 3.14. The molecule has 0 aromatic heterocycles. The Balaban J connectivity index is 0.00000110. The topological polar surface area (TPSA) is 64.7 Å². The monoisotopic (exact) mass is 338 g/mol. The minimum Gasteiger partial charge on any atom is -0.340 e. The average molecular weight is 339 g/mol. The number of rotatable bonds is 2. The molecule has 0 aromatic carbocycles. The number of hydrogen-bond acceptors (Lipinski definition) is 4. The molecule has 3 aliphatic rings. The predicted molar refractivity (Wildman–Crippen MR) is 85.0 cm³/mol. The van der Waals surface area contributed by atoms with Gasteiger partial charge in [0.25, 0.3) is 0 Å². The van der Waals surface area contributed by atoms with Crippen molar-refractivity contribution in [1.82, 2.24) is 20.4 Å². The number of carbonyl (C=O) groups is 2. The second-order valence-corrected chi connectivity index (χ2v) is 5.70. The van der Waals surface area contributed by atoms with Gasteiger partial charge in [-0.25, -0.2) is 0 Å². The summed E-state index contributed by atoms with van der Waals surface area (Å²) in [5, 5.41) is 6.24. The third-order valence-electron chi connectivity index (χ3n) is 4.41. The highest BCUT2D eigenvalue weighted by Crippen LogP contribution is 2.19. The highest BCUT2D eigenvalue weighted by atomic mass is 35.5. The van der Waals surface area contributed by atoms with Crippen LogP contribution in [-0.2, 0) is 9.59 Å². The van der Waals surface area contributed by atoms with Crippen LogP contribution in [0.15, 0.2) is 0 Å². The summed E-state index contributed by atoms with van der Waals surface area (Å²) in [6.07, 6.45) is 2.03. The molecule has 0 aliphatic carbocycles. The molecule has 3 fully saturated rings. The van der Waals surface area contributed by atoms with Crippen molar-refractivity contribution in [3.05, 3.63) is 0 Å². The molecule has 0 saturated carbocycles. The van der Waals surface area contributed by atoms with Gasteiger partial charge in [0, 0.05) is 45.3 Å².